The highest BCUT2D eigenvalue weighted by molar-refractivity contribution is 4.90. The minimum absolute atomic E-state index is 0.391. The Kier molecular flexibility index (Phi) is 3.42. The largest absolute Gasteiger partial charge is 0.380 e. The lowest BCUT2D eigenvalue weighted by Gasteiger charge is -2.30. The molecule has 2 saturated heterocycles. The van der Waals surface area contributed by atoms with Crippen molar-refractivity contribution in [3.05, 3.63) is 0 Å². The van der Waals surface area contributed by atoms with Crippen molar-refractivity contribution in [1.29, 1.82) is 0 Å². The first-order valence-corrected chi connectivity index (χ1v) is 5.88. The fraction of sp³-hybridized carbons (Fsp3) is 1.00. The molecule has 0 aliphatic carbocycles. The van der Waals surface area contributed by atoms with Gasteiger partial charge in [0.15, 0.2) is 0 Å². The summed E-state index contributed by atoms with van der Waals surface area (Å²) in [5, 5.41) is 0. The van der Waals surface area contributed by atoms with E-state index in [0.29, 0.717) is 18.0 Å². The maximum Gasteiger partial charge on any atom is 0.0621 e. The summed E-state index contributed by atoms with van der Waals surface area (Å²) in [5.74, 6) is 0.705. The summed E-state index contributed by atoms with van der Waals surface area (Å²) in [6.07, 6.45) is 3.72. The van der Waals surface area contributed by atoms with Gasteiger partial charge in [-0.05, 0) is 18.8 Å². The van der Waals surface area contributed by atoms with Crippen LogP contribution in [-0.4, -0.2) is 43.3 Å². The molecular weight excluding hydrogens is 176 g/mol. The van der Waals surface area contributed by atoms with E-state index in [1.807, 2.05) is 0 Å². The zero-order chi connectivity index (χ0) is 9.97. The summed E-state index contributed by atoms with van der Waals surface area (Å²) in [5.41, 5.74) is 6.10. The molecule has 3 heteroatoms. The van der Waals surface area contributed by atoms with E-state index in [0.717, 1.165) is 19.8 Å². The number of hydrogen-bond acceptors (Lipinski definition) is 3. The molecule has 2 heterocycles. The monoisotopic (exact) mass is 198 g/mol. The molecule has 82 valence electrons. The molecule has 3 atom stereocenters. The van der Waals surface area contributed by atoms with Crippen LogP contribution in [0.5, 0.6) is 0 Å². The van der Waals surface area contributed by atoms with E-state index in [2.05, 4.69) is 11.8 Å². The van der Waals surface area contributed by atoms with Crippen LogP contribution in [0.1, 0.15) is 26.2 Å². The number of nitrogens with zero attached hydrogens (tertiary/aromatic N) is 1. The second-order valence-electron chi connectivity index (χ2n) is 4.66. The summed E-state index contributed by atoms with van der Waals surface area (Å²) in [6.45, 7) is 6.38. The van der Waals surface area contributed by atoms with Crippen LogP contribution in [0.3, 0.4) is 0 Å². The van der Waals surface area contributed by atoms with Gasteiger partial charge in [-0.1, -0.05) is 13.3 Å². The molecule has 0 aromatic rings. The van der Waals surface area contributed by atoms with Gasteiger partial charge < -0.3 is 10.5 Å². The zero-order valence-electron chi connectivity index (χ0n) is 9.11. The van der Waals surface area contributed by atoms with Crippen LogP contribution in [0.2, 0.25) is 0 Å². The van der Waals surface area contributed by atoms with Gasteiger partial charge in [-0.2, -0.15) is 0 Å². The Morgan fingerprint density at radius 2 is 2.29 bits per heavy atom. The van der Waals surface area contributed by atoms with Crippen molar-refractivity contribution >= 4 is 0 Å². The van der Waals surface area contributed by atoms with Crippen molar-refractivity contribution in [3.63, 3.8) is 0 Å². The highest BCUT2D eigenvalue weighted by Crippen LogP contribution is 2.23. The molecule has 2 fully saturated rings. The van der Waals surface area contributed by atoms with Crippen molar-refractivity contribution in [1.82, 2.24) is 4.90 Å². The molecule has 2 rings (SSSR count). The Morgan fingerprint density at radius 1 is 1.43 bits per heavy atom. The van der Waals surface area contributed by atoms with Gasteiger partial charge in [0.05, 0.1) is 6.61 Å². The third-order valence-corrected chi connectivity index (χ3v) is 3.70. The molecular formula is C11H22N2O. The molecule has 3 nitrogen and oxygen atoms in total. The number of hydrogen-bond donors (Lipinski definition) is 1. The van der Waals surface area contributed by atoms with Crippen LogP contribution in [0, 0.1) is 5.92 Å². The molecule has 2 aliphatic heterocycles. The fourth-order valence-corrected chi connectivity index (χ4v) is 2.67. The lowest BCUT2D eigenvalue weighted by atomic mass is 10.0. The summed E-state index contributed by atoms with van der Waals surface area (Å²) in [6, 6.07) is 1.04. The summed E-state index contributed by atoms with van der Waals surface area (Å²) >= 11 is 0. The van der Waals surface area contributed by atoms with Crippen LogP contribution in [0.15, 0.2) is 0 Å². The lowest BCUT2D eigenvalue weighted by molar-refractivity contribution is 0.0252. The van der Waals surface area contributed by atoms with Gasteiger partial charge in [0.25, 0.3) is 0 Å². The Balaban J connectivity index is 1.86. The average molecular weight is 198 g/mol. The third-order valence-electron chi connectivity index (χ3n) is 3.70. The first-order chi connectivity index (χ1) is 6.81. The molecule has 0 bridgehead atoms. The number of ether oxygens (including phenoxy) is 1. The second-order valence-corrected chi connectivity index (χ2v) is 4.66. The van der Waals surface area contributed by atoms with Crippen LogP contribution < -0.4 is 5.73 Å². The molecule has 14 heavy (non-hydrogen) atoms. The van der Waals surface area contributed by atoms with Crippen molar-refractivity contribution < 1.29 is 4.74 Å². The van der Waals surface area contributed by atoms with E-state index in [1.165, 1.54) is 25.8 Å². The maximum absolute atomic E-state index is 6.10. The standard InChI is InChI=1S/C11H22N2O/c1-2-9-6-13(7-11(9)12)10-4-3-5-14-8-10/h9-11H,2-8,12H2,1H3. The minimum Gasteiger partial charge on any atom is -0.380 e. The average Bonchev–Trinajstić information content (AvgIpc) is 2.61. The number of likely N-dealkylation sites (tertiary alicyclic amines) is 1. The Morgan fingerprint density at radius 3 is 2.86 bits per heavy atom. The topological polar surface area (TPSA) is 38.5 Å². The molecule has 0 radical (unpaired) electrons. The van der Waals surface area contributed by atoms with Crippen LogP contribution >= 0.6 is 0 Å². The zero-order valence-corrected chi connectivity index (χ0v) is 9.11. The highest BCUT2D eigenvalue weighted by atomic mass is 16.5. The maximum atomic E-state index is 6.10. The molecule has 0 saturated carbocycles. The first-order valence-electron chi connectivity index (χ1n) is 5.88. The van der Waals surface area contributed by atoms with E-state index in [-0.39, 0.29) is 0 Å². The Bertz CT molecular complexity index is 180. The quantitative estimate of drug-likeness (QED) is 0.714. The molecule has 3 unspecified atom stereocenters. The number of nitrogens with two attached hydrogens (primary N) is 1. The van der Waals surface area contributed by atoms with E-state index in [1.54, 1.807) is 0 Å². The Hall–Kier alpha value is -0.120. The lowest BCUT2D eigenvalue weighted by Crippen LogP contribution is -2.40. The summed E-state index contributed by atoms with van der Waals surface area (Å²) in [7, 11) is 0. The van der Waals surface area contributed by atoms with Crippen molar-refractivity contribution in [2.45, 2.75) is 38.3 Å². The van der Waals surface area contributed by atoms with Gasteiger partial charge >= 0.3 is 0 Å². The second kappa shape index (κ2) is 4.60. The normalized spacial score (nSPS) is 40.3. The van der Waals surface area contributed by atoms with Gasteiger partial charge in [-0.3, -0.25) is 4.90 Å². The van der Waals surface area contributed by atoms with Gasteiger partial charge in [0.1, 0.15) is 0 Å². The van der Waals surface area contributed by atoms with Crippen molar-refractivity contribution in [3.8, 4) is 0 Å². The van der Waals surface area contributed by atoms with Gasteiger partial charge in [0, 0.05) is 31.8 Å². The fourth-order valence-electron chi connectivity index (χ4n) is 2.67. The van der Waals surface area contributed by atoms with Crippen molar-refractivity contribution in [2.75, 3.05) is 26.3 Å². The summed E-state index contributed by atoms with van der Waals surface area (Å²) < 4.78 is 5.52. The predicted octanol–water partition coefficient (Wildman–Crippen LogP) is 0.835. The molecule has 2 N–H and O–H groups in total. The summed E-state index contributed by atoms with van der Waals surface area (Å²) in [4.78, 5) is 2.54. The minimum atomic E-state index is 0.391. The third kappa shape index (κ3) is 2.10. The predicted molar refractivity (Wildman–Crippen MR) is 57.2 cm³/mol. The van der Waals surface area contributed by atoms with Crippen LogP contribution in [-0.2, 0) is 4.74 Å². The van der Waals surface area contributed by atoms with Crippen LogP contribution in [0.25, 0.3) is 0 Å². The molecule has 0 spiro atoms. The van der Waals surface area contributed by atoms with Crippen molar-refractivity contribution in [2.24, 2.45) is 11.7 Å². The van der Waals surface area contributed by atoms with Gasteiger partial charge in [0.2, 0.25) is 0 Å². The molecule has 0 aromatic carbocycles. The van der Waals surface area contributed by atoms with E-state index in [9.17, 15) is 0 Å². The van der Waals surface area contributed by atoms with E-state index >= 15 is 0 Å². The molecule has 0 aromatic heterocycles. The smallest absolute Gasteiger partial charge is 0.0621 e. The Labute approximate surface area is 86.6 Å². The first kappa shape index (κ1) is 10.4. The van der Waals surface area contributed by atoms with Crippen LogP contribution in [0.4, 0.5) is 0 Å². The SMILES string of the molecule is CCC1CN(C2CCCOC2)CC1N. The van der Waals surface area contributed by atoms with Gasteiger partial charge in [-0.15, -0.1) is 0 Å². The molecule has 0 amide bonds. The highest BCUT2D eigenvalue weighted by Gasteiger charge is 2.33. The van der Waals surface area contributed by atoms with Gasteiger partial charge in [-0.25, -0.2) is 0 Å². The molecule has 2 aliphatic rings. The van der Waals surface area contributed by atoms with E-state index in [4.69, 9.17) is 10.5 Å². The number of rotatable bonds is 2. The van der Waals surface area contributed by atoms with E-state index < -0.39 is 0 Å².